The van der Waals surface area contributed by atoms with Crippen LogP contribution in [0.2, 0.25) is 5.02 Å². The summed E-state index contributed by atoms with van der Waals surface area (Å²) in [6.45, 7) is 5.12. The van der Waals surface area contributed by atoms with Crippen molar-refractivity contribution in [2.45, 2.75) is 13.0 Å². The van der Waals surface area contributed by atoms with Gasteiger partial charge in [-0.2, -0.15) is 10.2 Å². The lowest BCUT2D eigenvalue weighted by Gasteiger charge is -2.33. The van der Waals surface area contributed by atoms with Crippen LogP contribution in [0, 0.1) is 0 Å². The Bertz CT molecular complexity index is 1210. The molecule has 5 rings (SSSR count). The number of piperazine rings is 1. The second-order valence-corrected chi connectivity index (χ2v) is 8.20. The lowest BCUT2D eigenvalue weighted by atomic mass is 10.1. The minimum Gasteiger partial charge on any atom is -0.369 e. The number of halogens is 1. The van der Waals surface area contributed by atoms with Crippen molar-refractivity contribution in [2.75, 3.05) is 29.9 Å². The first kappa shape index (κ1) is 18.3. The van der Waals surface area contributed by atoms with E-state index in [1.807, 2.05) is 41.8 Å². The Kier molecular flexibility index (Phi) is 4.37. The maximum atomic E-state index is 6.75. The summed E-state index contributed by atoms with van der Waals surface area (Å²) in [4.78, 5) is 2.38. The Balaban J connectivity index is 1.52. The van der Waals surface area contributed by atoms with Gasteiger partial charge in [0.15, 0.2) is 5.82 Å². The fraction of sp³-hybridized carbons (Fsp3) is 0.333. The zero-order valence-corrected chi connectivity index (χ0v) is 17.5. The first-order valence-electron chi connectivity index (χ1n) is 9.83. The first-order chi connectivity index (χ1) is 14.0. The van der Waals surface area contributed by atoms with Gasteiger partial charge in [-0.1, -0.05) is 11.6 Å². The van der Waals surface area contributed by atoms with Gasteiger partial charge in [-0.15, -0.1) is 0 Å². The molecule has 3 heterocycles. The van der Waals surface area contributed by atoms with Gasteiger partial charge in [0.05, 0.1) is 21.4 Å². The Labute approximate surface area is 174 Å². The summed E-state index contributed by atoms with van der Waals surface area (Å²) in [6, 6.07) is 10.8. The molecular formula is C21H24ClN7. The predicted molar refractivity (Wildman–Crippen MR) is 119 cm³/mol. The van der Waals surface area contributed by atoms with E-state index in [4.69, 9.17) is 16.7 Å². The van der Waals surface area contributed by atoms with Crippen molar-refractivity contribution in [2.24, 2.45) is 14.1 Å². The van der Waals surface area contributed by atoms with Crippen LogP contribution in [-0.4, -0.2) is 45.2 Å². The molecule has 0 bridgehead atoms. The van der Waals surface area contributed by atoms with Crippen molar-refractivity contribution in [1.82, 2.24) is 24.9 Å². The average Bonchev–Trinajstić information content (AvgIpc) is 3.20. The smallest absolute Gasteiger partial charge is 0.161 e. The second kappa shape index (κ2) is 6.93. The largest absolute Gasteiger partial charge is 0.369 e. The summed E-state index contributed by atoms with van der Waals surface area (Å²) in [7, 11) is 3.88. The molecule has 7 nitrogen and oxygen atoms in total. The van der Waals surface area contributed by atoms with E-state index < -0.39 is 0 Å². The molecule has 0 radical (unpaired) electrons. The van der Waals surface area contributed by atoms with Crippen molar-refractivity contribution in [1.29, 1.82) is 0 Å². The molecule has 2 N–H and O–H groups in total. The van der Waals surface area contributed by atoms with Crippen LogP contribution in [0.3, 0.4) is 0 Å². The van der Waals surface area contributed by atoms with E-state index in [-0.39, 0.29) is 0 Å². The van der Waals surface area contributed by atoms with E-state index in [2.05, 4.69) is 45.8 Å². The summed E-state index contributed by atoms with van der Waals surface area (Å²) in [6.07, 6.45) is 2.00. The number of rotatable bonds is 3. The molecule has 1 saturated heterocycles. The summed E-state index contributed by atoms with van der Waals surface area (Å²) in [5.41, 5.74) is 4.09. The molecule has 2 aromatic heterocycles. The van der Waals surface area contributed by atoms with Gasteiger partial charge in [0, 0.05) is 62.7 Å². The number of aryl methyl sites for hydroxylation is 2. The van der Waals surface area contributed by atoms with E-state index >= 15 is 0 Å². The van der Waals surface area contributed by atoms with Crippen molar-refractivity contribution in [3.63, 3.8) is 0 Å². The molecule has 150 valence electrons. The van der Waals surface area contributed by atoms with Crippen LogP contribution in [0.25, 0.3) is 21.8 Å². The Morgan fingerprint density at radius 3 is 2.86 bits per heavy atom. The quantitative estimate of drug-likeness (QED) is 0.540. The van der Waals surface area contributed by atoms with Crippen molar-refractivity contribution < 1.29 is 0 Å². The maximum absolute atomic E-state index is 6.75. The molecule has 1 fully saturated rings. The van der Waals surface area contributed by atoms with Gasteiger partial charge in [0.2, 0.25) is 0 Å². The Morgan fingerprint density at radius 1 is 1.17 bits per heavy atom. The standard InChI is InChI=1S/C21H24ClN7/c1-13-11-29(7-6-23-13)16-9-17(22)20-19(10-16)28(3)26-21(20)24-15-4-5-18-14(8-15)12-27(2)25-18/h4-5,8-10,12-13,23H,6-7,11H2,1-3H3,(H,24,26). The van der Waals surface area contributed by atoms with E-state index in [1.54, 1.807) is 0 Å². The Hall–Kier alpha value is -2.77. The zero-order chi connectivity index (χ0) is 20.1. The lowest BCUT2D eigenvalue weighted by molar-refractivity contribution is 0.485. The Morgan fingerprint density at radius 2 is 2.03 bits per heavy atom. The SMILES string of the molecule is CC1CN(c2cc(Cl)c3c(Nc4ccc5nn(C)cc5c4)nn(C)c3c2)CCN1. The molecule has 0 spiro atoms. The lowest BCUT2D eigenvalue weighted by Crippen LogP contribution is -2.49. The third kappa shape index (κ3) is 3.30. The fourth-order valence-corrected chi connectivity index (χ4v) is 4.42. The summed E-state index contributed by atoms with van der Waals surface area (Å²) in [5, 5.41) is 18.8. The van der Waals surface area contributed by atoms with Gasteiger partial charge in [0.25, 0.3) is 0 Å². The molecule has 1 aliphatic rings. The van der Waals surface area contributed by atoms with Gasteiger partial charge in [0.1, 0.15) is 0 Å². The normalized spacial score (nSPS) is 17.4. The highest BCUT2D eigenvalue weighted by Crippen LogP contribution is 2.36. The molecule has 1 unspecified atom stereocenters. The number of aromatic nitrogens is 4. The number of hydrogen-bond donors (Lipinski definition) is 2. The summed E-state index contributed by atoms with van der Waals surface area (Å²) >= 11 is 6.75. The molecular weight excluding hydrogens is 386 g/mol. The third-order valence-electron chi connectivity index (χ3n) is 5.51. The zero-order valence-electron chi connectivity index (χ0n) is 16.8. The van der Waals surface area contributed by atoms with Crippen LogP contribution in [0.4, 0.5) is 17.2 Å². The van der Waals surface area contributed by atoms with Crippen LogP contribution in [0.15, 0.2) is 36.5 Å². The first-order valence-corrected chi connectivity index (χ1v) is 10.2. The molecule has 0 amide bonds. The van der Waals surface area contributed by atoms with Gasteiger partial charge < -0.3 is 15.5 Å². The molecule has 4 aromatic rings. The van der Waals surface area contributed by atoms with Crippen LogP contribution < -0.4 is 15.5 Å². The van der Waals surface area contributed by atoms with Crippen LogP contribution >= 0.6 is 11.6 Å². The van der Waals surface area contributed by atoms with Gasteiger partial charge in [-0.3, -0.25) is 9.36 Å². The summed E-state index contributed by atoms with van der Waals surface area (Å²) in [5.74, 6) is 0.760. The third-order valence-corrected chi connectivity index (χ3v) is 5.80. The number of nitrogens with zero attached hydrogens (tertiary/aromatic N) is 5. The number of anilines is 3. The van der Waals surface area contributed by atoms with Gasteiger partial charge in [-0.05, 0) is 37.3 Å². The van der Waals surface area contributed by atoms with Gasteiger partial charge in [-0.25, -0.2) is 0 Å². The van der Waals surface area contributed by atoms with Crippen LogP contribution in [0.1, 0.15) is 6.92 Å². The van der Waals surface area contributed by atoms with Crippen LogP contribution in [0.5, 0.6) is 0 Å². The number of benzene rings is 2. The average molecular weight is 410 g/mol. The number of nitrogens with one attached hydrogen (secondary N) is 2. The van der Waals surface area contributed by atoms with E-state index in [9.17, 15) is 0 Å². The fourth-order valence-electron chi connectivity index (χ4n) is 4.12. The molecule has 29 heavy (non-hydrogen) atoms. The molecule has 2 aromatic carbocycles. The van der Waals surface area contributed by atoms with E-state index in [0.717, 1.165) is 58.6 Å². The van der Waals surface area contributed by atoms with Crippen molar-refractivity contribution in [3.05, 3.63) is 41.6 Å². The monoisotopic (exact) mass is 409 g/mol. The van der Waals surface area contributed by atoms with E-state index in [1.165, 1.54) is 0 Å². The van der Waals surface area contributed by atoms with Crippen molar-refractivity contribution in [3.8, 4) is 0 Å². The maximum Gasteiger partial charge on any atom is 0.161 e. The van der Waals surface area contributed by atoms with E-state index in [0.29, 0.717) is 11.1 Å². The highest BCUT2D eigenvalue weighted by Gasteiger charge is 2.20. The minimum atomic E-state index is 0.462. The predicted octanol–water partition coefficient (Wildman–Crippen LogP) is 3.66. The number of hydrogen-bond acceptors (Lipinski definition) is 5. The molecule has 0 aliphatic carbocycles. The van der Waals surface area contributed by atoms with Crippen LogP contribution in [-0.2, 0) is 14.1 Å². The van der Waals surface area contributed by atoms with Gasteiger partial charge >= 0.3 is 0 Å². The topological polar surface area (TPSA) is 62.9 Å². The molecule has 1 aliphatic heterocycles. The van der Waals surface area contributed by atoms with Crippen molar-refractivity contribution >= 4 is 50.6 Å². The molecule has 1 atom stereocenters. The number of fused-ring (bicyclic) bond motifs is 2. The second-order valence-electron chi connectivity index (χ2n) is 7.80. The highest BCUT2D eigenvalue weighted by molar-refractivity contribution is 6.37. The summed E-state index contributed by atoms with van der Waals surface area (Å²) < 4.78 is 3.71. The molecule has 0 saturated carbocycles. The minimum absolute atomic E-state index is 0.462. The molecule has 8 heteroatoms. The highest BCUT2D eigenvalue weighted by atomic mass is 35.5.